The molecule has 2 rings (SSSR count). The molecule has 0 aliphatic carbocycles. The van der Waals surface area contributed by atoms with E-state index in [0.717, 1.165) is 17.3 Å². The zero-order valence-electron chi connectivity index (χ0n) is 10.2. The second-order valence-electron chi connectivity index (χ2n) is 3.84. The third-order valence-corrected chi connectivity index (χ3v) is 3.77. The Bertz CT molecular complexity index is 484. The minimum absolute atomic E-state index is 0.432. The SMILES string of the molecule is CCSC[C@@H](C)N(C)c1ccc2nnnn2n1. The summed E-state index contributed by atoms with van der Waals surface area (Å²) in [5.74, 6) is 3.11. The van der Waals surface area contributed by atoms with Gasteiger partial charge in [-0.25, -0.2) is 0 Å². The van der Waals surface area contributed by atoms with Crippen LogP contribution in [0.3, 0.4) is 0 Å². The fourth-order valence-corrected chi connectivity index (χ4v) is 2.25. The maximum absolute atomic E-state index is 4.36. The number of anilines is 1. The number of fused-ring (bicyclic) bond motifs is 1. The smallest absolute Gasteiger partial charge is 0.200 e. The van der Waals surface area contributed by atoms with E-state index in [1.165, 1.54) is 4.63 Å². The molecule has 0 aliphatic heterocycles. The highest BCUT2D eigenvalue weighted by molar-refractivity contribution is 7.99. The summed E-state index contributed by atoms with van der Waals surface area (Å²) in [6.07, 6.45) is 0. The van der Waals surface area contributed by atoms with Gasteiger partial charge in [-0.05, 0) is 35.2 Å². The number of rotatable bonds is 5. The summed E-state index contributed by atoms with van der Waals surface area (Å²) < 4.78 is 1.45. The van der Waals surface area contributed by atoms with E-state index in [1.807, 2.05) is 30.9 Å². The van der Waals surface area contributed by atoms with Crippen LogP contribution in [0.15, 0.2) is 12.1 Å². The minimum atomic E-state index is 0.432. The van der Waals surface area contributed by atoms with Crippen LogP contribution >= 0.6 is 11.8 Å². The molecule has 0 aliphatic rings. The lowest BCUT2D eigenvalue weighted by Gasteiger charge is -2.25. The Labute approximate surface area is 104 Å². The first-order valence-corrected chi connectivity index (χ1v) is 6.74. The zero-order valence-corrected chi connectivity index (χ0v) is 11.1. The molecule has 0 bridgehead atoms. The van der Waals surface area contributed by atoms with Crippen LogP contribution in [-0.2, 0) is 0 Å². The molecular weight excluding hydrogens is 236 g/mol. The van der Waals surface area contributed by atoms with Crippen molar-refractivity contribution in [3.63, 3.8) is 0 Å². The van der Waals surface area contributed by atoms with Crippen LogP contribution in [0.1, 0.15) is 13.8 Å². The first-order valence-electron chi connectivity index (χ1n) is 5.58. The standard InChI is InChI=1S/C10H16N6S/c1-4-17-7-8(2)15(3)10-6-5-9-11-13-14-16(9)12-10/h5-6,8H,4,7H2,1-3H3/t8-/m1/s1. The van der Waals surface area contributed by atoms with E-state index in [9.17, 15) is 0 Å². The molecule has 0 amide bonds. The van der Waals surface area contributed by atoms with E-state index in [2.05, 4.69) is 39.4 Å². The topological polar surface area (TPSA) is 59.2 Å². The maximum Gasteiger partial charge on any atom is 0.200 e. The summed E-state index contributed by atoms with van der Waals surface area (Å²) in [6, 6.07) is 4.25. The fraction of sp³-hybridized carbons (Fsp3) is 0.600. The number of tetrazole rings is 1. The van der Waals surface area contributed by atoms with Crippen molar-refractivity contribution in [3.05, 3.63) is 12.1 Å². The van der Waals surface area contributed by atoms with Crippen LogP contribution in [0.4, 0.5) is 5.82 Å². The van der Waals surface area contributed by atoms with Gasteiger partial charge >= 0.3 is 0 Å². The molecule has 0 unspecified atom stereocenters. The van der Waals surface area contributed by atoms with E-state index in [1.54, 1.807) is 0 Å². The lowest BCUT2D eigenvalue weighted by molar-refractivity contribution is 0.695. The van der Waals surface area contributed by atoms with E-state index < -0.39 is 0 Å². The van der Waals surface area contributed by atoms with Gasteiger partial charge in [0.1, 0.15) is 0 Å². The molecule has 2 aromatic rings. The molecule has 0 radical (unpaired) electrons. The van der Waals surface area contributed by atoms with Gasteiger partial charge < -0.3 is 4.90 Å². The minimum Gasteiger partial charge on any atom is -0.355 e. The average molecular weight is 252 g/mol. The monoisotopic (exact) mass is 252 g/mol. The van der Waals surface area contributed by atoms with E-state index in [-0.39, 0.29) is 0 Å². The summed E-state index contributed by atoms with van der Waals surface area (Å²) in [6.45, 7) is 4.36. The molecule has 92 valence electrons. The summed E-state index contributed by atoms with van der Waals surface area (Å²) in [5, 5.41) is 15.6. The van der Waals surface area contributed by atoms with Crippen LogP contribution in [0.25, 0.3) is 5.65 Å². The van der Waals surface area contributed by atoms with Crippen molar-refractivity contribution in [1.29, 1.82) is 0 Å². The molecule has 0 saturated heterocycles. The lowest BCUT2D eigenvalue weighted by atomic mass is 10.3. The first-order chi connectivity index (χ1) is 8.22. The molecule has 0 fully saturated rings. The van der Waals surface area contributed by atoms with Crippen molar-refractivity contribution in [1.82, 2.24) is 25.3 Å². The van der Waals surface area contributed by atoms with Crippen molar-refractivity contribution in [2.24, 2.45) is 0 Å². The largest absolute Gasteiger partial charge is 0.355 e. The van der Waals surface area contributed by atoms with Gasteiger partial charge in [0.2, 0.25) is 0 Å². The molecule has 0 aromatic carbocycles. The third-order valence-electron chi connectivity index (χ3n) is 2.64. The quantitative estimate of drug-likeness (QED) is 0.794. The summed E-state index contributed by atoms with van der Waals surface area (Å²) in [7, 11) is 2.04. The van der Waals surface area contributed by atoms with Crippen molar-refractivity contribution >= 4 is 23.2 Å². The van der Waals surface area contributed by atoms with Gasteiger partial charge in [0.15, 0.2) is 11.5 Å². The maximum atomic E-state index is 4.36. The predicted octanol–water partition coefficient (Wildman–Crippen LogP) is 1.10. The van der Waals surface area contributed by atoms with E-state index >= 15 is 0 Å². The number of nitrogens with zero attached hydrogens (tertiary/aromatic N) is 6. The van der Waals surface area contributed by atoms with Gasteiger partial charge in [0.05, 0.1) is 0 Å². The lowest BCUT2D eigenvalue weighted by Crippen LogP contribution is -2.32. The second-order valence-corrected chi connectivity index (χ2v) is 5.16. The van der Waals surface area contributed by atoms with Crippen molar-refractivity contribution in [2.45, 2.75) is 19.9 Å². The number of hydrogen-bond donors (Lipinski definition) is 0. The second kappa shape index (κ2) is 5.31. The Morgan fingerprint density at radius 2 is 2.29 bits per heavy atom. The molecule has 7 heteroatoms. The van der Waals surface area contributed by atoms with Gasteiger partial charge in [-0.1, -0.05) is 6.92 Å². The van der Waals surface area contributed by atoms with Gasteiger partial charge in [0, 0.05) is 18.8 Å². The molecule has 2 aromatic heterocycles. The predicted molar refractivity (Wildman–Crippen MR) is 69.4 cm³/mol. The molecule has 0 N–H and O–H groups in total. The zero-order chi connectivity index (χ0) is 12.3. The van der Waals surface area contributed by atoms with Gasteiger partial charge in [-0.15, -0.1) is 14.8 Å². The third kappa shape index (κ3) is 2.66. The van der Waals surface area contributed by atoms with Crippen LogP contribution in [0.5, 0.6) is 0 Å². The van der Waals surface area contributed by atoms with Crippen LogP contribution in [-0.4, -0.2) is 49.8 Å². The Kier molecular flexibility index (Phi) is 3.78. The van der Waals surface area contributed by atoms with Gasteiger partial charge in [0.25, 0.3) is 0 Å². The van der Waals surface area contributed by atoms with E-state index in [0.29, 0.717) is 11.7 Å². The summed E-state index contributed by atoms with van der Waals surface area (Å²) in [5.41, 5.74) is 0.665. The highest BCUT2D eigenvalue weighted by Crippen LogP contribution is 2.14. The highest BCUT2D eigenvalue weighted by Gasteiger charge is 2.12. The molecule has 17 heavy (non-hydrogen) atoms. The molecule has 0 saturated carbocycles. The normalized spacial score (nSPS) is 12.9. The average Bonchev–Trinajstić information content (AvgIpc) is 2.81. The highest BCUT2D eigenvalue weighted by atomic mass is 32.2. The number of aromatic nitrogens is 5. The van der Waals surface area contributed by atoms with Crippen molar-refractivity contribution in [2.75, 3.05) is 23.5 Å². The molecular formula is C10H16N6S. The van der Waals surface area contributed by atoms with Gasteiger partial charge in [-0.2, -0.15) is 11.8 Å². The molecule has 6 nitrogen and oxygen atoms in total. The Balaban J connectivity index is 2.14. The van der Waals surface area contributed by atoms with E-state index in [4.69, 9.17) is 0 Å². The number of hydrogen-bond acceptors (Lipinski definition) is 6. The fourth-order valence-electron chi connectivity index (χ4n) is 1.45. The van der Waals surface area contributed by atoms with Gasteiger partial charge in [-0.3, -0.25) is 0 Å². The van der Waals surface area contributed by atoms with Crippen LogP contribution in [0, 0.1) is 0 Å². The summed E-state index contributed by atoms with van der Waals surface area (Å²) >= 11 is 1.93. The number of thioether (sulfide) groups is 1. The van der Waals surface area contributed by atoms with Crippen molar-refractivity contribution < 1.29 is 0 Å². The Morgan fingerprint density at radius 3 is 3.06 bits per heavy atom. The van der Waals surface area contributed by atoms with Crippen molar-refractivity contribution in [3.8, 4) is 0 Å². The molecule has 2 heterocycles. The Hall–Kier alpha value is -1.37. The van der Waals surface area contributed by atoms with Crippen LogP contribution < -0.4 is 4.90 Å². The van der Waals surface area contributed by atoms with Crippen LogP contribution in [0.2, 0.25) is 0 Å². The first kappa shape index (κ1) is 12.1. The molecule has 0 spiro atoms. The summed E-state index contributed by atoms with van der Waals surface area (Å²) in [4.78, 5) is 2.14. The molecule has 1 atom stereocenters. The Morgan fingerprint density at radius 1 is 1.47 bits per heavy atom.